The van der Waals surface area contributed by atoms with E-state index >= 15 is 0 Å². The van der Waals surface area contributed by atoms with Gasteiger partial charge in [0.15, 0.2) is 0 Å². The smallest absolute Gasteiger partial charge is 0.242 e. The molecule has 1 saturated carbocycles. The van der Waals surface area contributed by atoms with Gasteiger partial charge in [-0.3, -0.25) is 9.59 Å². The molecule has 33 heavy (non-hydrogen) atoms. The van der Waals surface area contributed by atoms with Gasteiger partial charge in [0.2, 0.25) is 11.8 Å². The van der Waals surface area contributed by atoms with E-state index in [1.54, 1.807) is 24.0 Å². The number of carbonyl (C=O) groups excluding carboxylic acids is 2. The lowest BCUT2D eigenvalue weighted by Gasteiger charge is -2.31. The van der Waals surface area contributed by atoms with Crippen molar-refractivity contribution in [1.82, 2.24) is 10.2 Å². The summed E-state index contributed by atoms with van der Waals surface area (Å²) in [4.78, 5) is 27.9. The molecule has 1 aliphatic carbocycles. The van der Waals surface area contributed by atoms with Gasteiger partial charge in [0.1, 0.15) is 6.04 Å². The monoisotopic (exact) mass is 570 g/mol. The van der Waals surface area contributed by atoms with E-state index in [2.05, 4.69) is 21.2 Å². The molecule has 2 amide bonds. The number of amides is 2. The molecule has 2 aromatic rings. The summed E-state index contributed by atoms with van der Waals surface area (Å²) in [7, 11) is 0. The highest BCUT2D eigenvalue weighted by Crippen LogP contribution is 2.24. The molecule has 1 aliphatic rings. The van der Waals surface area contributed by atoms with E-state index in [0.717, 1.165) is 47.0 Å². The van der Waals surface area contributed by atoms with Gasteiger partial charge in [-0.05, 0) is 55.2 Å². The maximum Gasteiger partial charge on any atom is 0.242 e. The van der Waals surface area contributed by atoms with E-state index in [4.69, 9.17) is 23.2 Å². The number of hydrogen-bond acceptors (Lipinski definition) is 3. The van der Waals surface area contributed by atoms with Gasteiger partial charge in [0.05, 0.1) is 5.75 Å². The molecule has 1 fully saturated rings. The van der Waals surface area contributed by atoms with Crippen molar-refractivity contribution in [3.63, 3.8) is 0 Å². The molecule has 0 aromatic heterocycles. The molecule has 1 N–H and O–H groups in total. The molecule has 8 heteroatoms. The third-order valence-corrected chi connectivity index (χ3v) is 7.99. The highest BCUT2D eigenvalue weighted by molar-refractivity contribution is 9.10. The average molecular weight is 572 g/mol. The number of rotatable bonds is 9. The fourth-order valence-electron chi connectivity index (χ4n) is 3.90. The van der Waals surface area contributed by atoms with Crippen molar-refractivity contribution >= 4 is 62.7 Å². The van der Waals surface area contributed by atoms with Gasteiger partial charge in [-0.15, -0.1) is 11.8 Å². The first-order valence-corrected chi connectivity index (χ1v) is 13.9. The van der Waals surface area contributed by atoms with Crippen LogP contribution in [0.2, 0.25) is 10.0 Å². The van der Waals surface area contributed by atoms with Crippen LogP contribution in [0.1, 0.15) is 50.2 Å². The van der Waals surface area contributed by atoms with Crippen LogP contribution in [-0.2, 0) is 21.9 Å². The maximum absolute atomic E-state index is 13.3. The number of thioether (sulfide) groups is 1. The molecule has 0 saturated heterocycles. The zero-order valence-electron chi connectivity index (χ0n) is 18.7. The Labute approximate surface area is 218 Å². The van der Waals surface area contributed by atoms with Crippen molar-refractivity contribution in [2.24, 2.45) is 0 Å². The van der Waals surface area contributed by atoms with E-state index in [9.17, 15) is 9.59 Å². The fourth-order valence-corrected chi connectivity index (χ4v) is 5.51. The summed E-state index contributed by atoms with van der Waals surface area (Å²) in [6.07, 6.45) is 5.48. The van der Waals surface area contributed by atoms with Crippen LogP contribution in [0.15, 0.2) is 46.9 Å². The summed E-state index contributed by atoms with van der Waals surface area (Å²) < 4.78 is 1.02. The van der Waals surface area contributed by atoms with Crippen LogP contribution in [-0.4, -0.2) is 34.6 Å². The molecular weight excluding hydrogens is 543 g/mol. The first-order valence-electron chi connectivity index (χ1n) is 11.2. The predicted octanol–water partition coefficient (Wildman–Crippen LogP) is 6.86. The molecule has 4 nitrogen and oxygen atoms in total. The number of hydrogen-bond donors (Lipinski definition) is 1. The number of carbonyl (C=O) groups is 2. The number of nitrogens with one attached hydrogen (secondary N) is 1. The van der Waals surface area contributed by atoms with Gasteiger partial charge in [0.25, 0.3) is 0 Å². The molecule has 0 aliphatic heterocycles. The summed E-state index contributed by atoms with van der Waals surface area (Å²) in [5.74, 6) is 0.798. The highest BCUT2D eigenvalue weighted by Gasteiger charge is 2.28. The minimum absolute atomic E-state index is 0.0885. The van der Waals surface area contributed by atoms with Crippen LogP contribution in [0, 0.1) is 0 Å². The maximum atomic E-state index is 13.3. The predicted molar refractivity (Wildman–Crippen MR) is 142 cm³/mol. The van der Waals surface area contributed by atoms with Crippen molar-refractivity contribution in [2.75, 3.05) is 5.75 Å². The lowest BCUT2D eigenvalue weighted by molar-refractivity contribution is -0.139. The van der Waals surface area contributed by atoms with Crippen LogP contribution in [0.5, 0.6) is 0 Å². The van der Waals surface area contributed by atoms with Crippen LogP contribution < -0.4 is 5.32 Å². The summed E-state index contributed by atoms with van der Waals surface area (Å²) in [6, 6.07) is 12.9. The van der Waals surface area contributed by atoms with Crippen LogP contribution >= 0.6 is 50.9 Å². The summed E-state index contributed by atoms with van der Waals surface area (Å²) in [6.45, 7) is 2.05. The van der Waals surface area contributed by atoms with E-state index in [0.29, 0.717) is 10.0 Å². The molecule has 0 unspecified atom stereocenters. The largest absolute Gasteiger partial charge is 0.352 e. The third-order valence-electron chi connectivity index (χ3n) is 5.88. The van der Waals surface area contributed by atoms with Crippen LogP contribution in [0.25, 0.3) is 0 Å². The lowest BCUT2D eigenvalue weighted by Crippen LogP contribution is -2.50. The quantitative estimate of drug-likeness (QED) is 0.358. The van der Waals surface area contributed by atoms with Gasteiger partial charge in [-0.25, -0.2) is 0 Å². The molecule has 3 rings (SSSR count). The first kappa shape index (κ1) is 26.4. The van der Waals surface area contributed by atoms with Crippen LogP contribution in [0.3, 0.4) is 0 Å². The first-order chi connectivity index (χ1) is 15.8. The molecule has 178 valence electrons. The van der Waals surface area contributed by atoms with Gasteiger partial charge in [-0.1, -0.05) is 76.6 Å². The standard InChI is InChI=1S/C25H29BrCl2N2O2S/c1-17(25(32)29-22-5-3-2-4-6-22)30(14-19-9-12-21(27)13-23(19)28)24(31)16-33-15-18-7-10-20(26)11-8-18/h7-13,17,22H,2-6,14-16H2,1H3,(H,29,32)/t17-/m1/s1. The number of nitrogens with zero attached hydrogens (tertiary/aromatic N) is 1. The molecule has 0 bridgehead atoms. The Morgan fingerprint density at radius 3 is 2.48 bits per heavy atom. The average Bonchev–Trinajstić information content (AvgIpc) is 2.80. The van der Waals surface area contributed by atoms with E-state index < -0.39 is 6.04 Å². The molecule has 1 atom stereocenters. The molecule has 2 aromatic carbocycles. The van der Waals surface area contributed by atoms with Gasteiger partial charge in [-0.2, -0.15) is 0 Å². The third kappa shape index (κ3) is 8.20. The Hall–Kier alpha value is -1.21. The van der Waals surface area contributed by atoms with Crippen molar-refractivity contribution in [3.8, 4) is 0 Å². The van der Waals surface area contributed by atoms with Crippen molar-refractivity contribution in [2.45, 2.75) is 63.4 Å². The second-order valence-corrected chi connectivity index (χ2v) is 11.1. The molecule has 0 radical (unpaired) electrons. The zero-order valence-corrected chi connectivity index (χ0v) is 22.6. The number of halogens is 3. The second kappa shape index (κ2) is 13.0. The molecule has 0 heterocycles. The Kier molecular flexibility index (Phi) is 10.4. The number of benzene rings is 2. The van der Waals surface area contributed by atoms with E-state index in [1.165, 1.54) is 18.2 Å². The van der Waals surface area contributed by atoms with E-state index in [-0.39, 0.29) is 30.2 Å². The van der Waals surface area contributed by atoms with Crippen molar-refractivity contribution in [3.05, 3.63) is 68.1 Å². The minimum atomic E-state index is -0.598. The lowest BCUT2D eigenvalue weighted by atomic mass is 9.95. The SMILES string of the molecule is C[C@H](C(=O)NC1CCCCC1)N(Cc1ccc(Cl)cc1Cl)C(=O)CSCc1ccc(Br)cc1. The summed E-state index contributed by atoms with van der Waals surface area (Å²) >= 11 is 17.4. The molecule has 0 spiro atoms. The molecular formula is C25H29BrCl2N2O2S. The van der Waals surface area contributed by atoms with E-state index in [1.807, 2.05) is 30.3 Å². The fraction of sp³-hybridized carbons (Fsp3) is 0.440. The van der Waals surface area contributed by atoms with Gasteiger partial charge >= 0.3 is 0 Å². The highest BCUT2D eigenvalue weighted by atomic mass is 79.9. The zero-order chi connectivity index (χ0) is 23.8. The Bertz CT molecular complexity index is 952. The van der Waals surface area contributed by atoms with Gasteiger partial charge in [0, 0.05) is 32.9 Å². The van der Waals surface area contributed by atoms with Crippen molar-refractivity contribution in [1.29, 1.82) is 0 Å². The van der Waals surface area contributed by atoms with Gasteiger partial charge < -0.3 is 10.2 Å². The summed E-state index contributed by atoms with van der Waals surface area (Å²) in [5.41, 5.74) is 1.91. The normalized spacial score (nSPS) is 15.2. The Morgan fingerprint density at radius 1 is 1.12 bits per heavy atom. The second-order valence-electron chi connectivity index (χ2n) is 8.40. The Balaban J connectivity index is 1.68. The van der Waals surface area contributed by atoms with Crippen molar-refractivity contribution < 1.29 is 9.59 Å². The topological polar surface area (TPSA) is 49.4 Å². The summed E-state index contributed by atoms with van der Waals surface area (Å²) in [5, 5.41) is 4.18. The van der Waals surface area contributed by atoms with Crippen LogP contribution in [0.4, 0.5) is 0 Å². The Morgan fingerprint density at radius 2 is 1.82 bits per heavy atom. The minimum Gasteiger partial charge on any atom is -0.352 e.